The molecule has 0 bridgehead atoms. The molecule has 21 heavy (non-hydrogen) atoms. The number of benzene rings is 1. The van der Waals surface area contributed by atoms with Gasteiger partial charge in [0.1, 0.15) is 5.75 Å². The second-order valence-electron chi connectivity index (χ2n) is 3.91. The van der Waals surface area contributed by atoms with Gasteiger partial charge in [-0.05, 0) is 19.1 Å². The summed E-state index contributed by atoms with van der Waals surface area (Å²) in [4.78, 5) is 3.82. The van der Waals surface area contributed by atoms with Crippen LogP contribution >= 0.6 is 11.3 Å². The predicted molar refractivity (Wildman–Crippen MR) is 75.1 cm³/mol. The zero-order valence-electron chi connectivity index (χ0n) is 10.7. The van der Waals surface area contributed by atoms with Crippen LogP contribution in [-0.4, -0.2) is 20.0 Å². The minimum Gasteiger partial charge on any atom is -0.433 e. The van der Waals surface area contributed by atoms with Crippen molar-refractivity contribution >= 4 is 32.2 Å². The van der Waals surface area contributed by atoms with Gasteiger partial charge < -0.3 is 10.5 Å². The maximum atomic E-state index is 12.3. The maximum absolute atomic E-state index is 12.3. The molecule has 0 aliphatic heterocycles. The first-order valence-electron chi connectivity index (χ1n) is 5.59. The zero-order chi connectivity index (χ0) is 15.6. The largest absolute Gasteiger partial charge is 0.433 e. The first kappa shape index (κ1) is 15.4. The molecule has 1 aromatic heterocycles. The molecule has 0 amide bonds. The Morgan fingerprint density at radius 1 is 1.38 bits per heavy atom. The number of hydrogen-bond donors (Lipinski definition) is 2. The smallest absolute Gasteiger partial charge is 0.387 e. The Bertz CT molecular complexity index is 747. The normalized spacial score (nSPS) is 11.6. The molecule has 1 aromatic carbocycles. The highest BCUT2D eigenvalue weighted by molar-refractivity contribution is 7.94. The van der Waals surface area contributed by atoms with Crippen molar-refractivity contribution in [2.24, 2.45) is 0 Å². The van der Waals surface area contributed by atoms with Crippen molar-refractivity contribution in [3.05, 3.63) is 30.0 Å². The van der Waals surface area contributed by atoms with Crippen LogP contribution in [0.3, 0.4) is 0 Å². The highest BCUT2D eigenvalue weighted by atomic mass is 32.2. The van der Waals surface area contributed by atoms with Crippen LogP contribution in [0.15, 0.2) is 28.5 Å². The first-order chi connectivity index (χ1) is 9.79. The number of para-hydroxylation sites is 2. The third-order valence-electron chi connectivity index (χ3n) is 2.36. The lowest BCUT2D eigenvalue weighted by Gasteiger charge is -2.12. The number of anilines is 2. The van der Waals surface area contributed by atoms with E-state index in [4.69, 9.17) is 5.73 Å². The summed E-state index contributed by atoms with van der Waals surface area (Å²) in [6.45, 7) is -1.57. The van der Waals surface area contributed by atoms with Gasteiger partial charge in [0.05, 0.1) is 11.4 Å². The molecule has 0 radical (unpaired) electrons. The van der Waals surface area contributed by atoms with Crippen molar-refractivity contribution in [2.45, 2.75) is 17.7 Å². The number of sulfonamides is 1. The second-order valence-corrected chi connectivity index (χ2v) is 6.81. The van der Waals surface area contributed by atoms with Crippen LogP contribution in [0.25, 0.3) is 0 Å². The number of alkyl halides is 2. The number of aromatic nitrogens is 1. The molecule has 114 valence electrons. The van der Waals surface area contributed by atoms with Crippen molar-refractivity contribution in [3.63, 3.8) is 0 Å². The summed E-state index contributed by atoms with van der Waals surface area (Å²) in [6, 6.07) is 5.49. The SMILES string of the molecule is Cc1nc(N)sc1S(=O)(=O)Nc1ccccc1OC(F)F. The summed E-state index contributed by atoms with van der Waals surface area (Å²) in [5.74, 6) is -0.272. The fraction of sp³-hybridized carbons (Fsp3) is 0.182. The number of thiazole rings is 1. The zero-order valence-corrected chi connectivity index (χ0v) is 12.3. The van der Waals surface area contributed by atoms with Gasteiger partial charge in [-0.3, -0.25) is 4.72 Å². The van der Waals surface area contributed by atoms with E-state index in [0.717, 1.165) is 11.3 Å². The Morgan fingerprint density at radius 2 is 2.05 bits per heavy atom. The Morgan fingerprint density at radius 3 is 2.62 bits per heavy atom. The number of nitrogen functional groups attached to an aromatic ring is 1. The predicted octanol–water partition coefficient (Wildman–Crippen LogP) is 2.44. The molecule has 0 fully saturated rings. The Labute approximate surface area is 123 Å². The molecular formula is C11H11F2N3O3S2. The Kier molecular flexibility index (Phi) is 4.28. The molecule has 10 heteroatoms. The average molecular weight is 335 g/mol. The third-order valence-corrected chi connectivity index (χ3v) is 5.32. The van der Waals surface area contributed by atoms with Gasteiger partial charge in [-0.15, -0.1) is 0 Å². The van der Waals surface area contributed by atoms with Crippen LogP contribution in [0, 0.1) is 6.92 Å². The van der Waals surface area contributed by atoms with Crippen LogP contribution in [0.4, 0.5) is 19.6 Å². The summed E-state index contributed by atoms with van der Waals surface area (Å²) < 4.78 is 55.4. The van der Waals surface area contributed by atoms with Gasteiger partial charge >= 0.3 is 6.61 Å². The van der Waals surface area contributed by atoms with Crippen molar-refractivity contribution in [1.29, 1.82) is 0 Å². The molecule has 3 N–H and O–H groups in total. The Balaban J connectivity index is 2.35. The van der Waals surface area contributed by atoms with E-state index in [-0.39, 0.29) is 26.5 Å². The molecule has 2 rings (SSSR count). The van der Waals surface area contributed by atoms with Gasteiger partial charge in [0.15, 0.2) is 9.34 Å². The number of aryl methyl sites for hydroxylation is 1. The minimum atomic E-state index is -3.98. The van der Waals surface area contributed by atoms with Crippen molar-refractivity contribution in [3.8, 4) is 5.75 Å². The number of rotatable bonds is 5. The monoisotopic (exact) mass is 335 g/mol. The molecular weight excluding hydrogens is 324 g/mol. The van der Waals surface area contributed by atoms with Gasteiger partial charge in [0, 0.05) is 0 Å². The molecule has 0 atom stereocenters. The highest BCUT2D eigenvalue weighted by Crippen LogP contribution is 2.31. The molecule has 2 aromatic rings. The van der Waals surface area contributed by atoms with E-state index < -0.39 is 16.6 Å². The fourth-order valence-corrected chi connectivity index (χ4v) is 3.96. The van der Waals surface area contributed by atoms with Crippen LogP contribution in [0.2, 0.25) is 0 Å². The minimum absolute atomic E-state index is 0.0770. The molecule has 1 heterocycles. The molecule has 0 unspecified atom stereocenters. The van der Waals surface area contributed by atoms with Gasteiger partial charge in [-0.1, -0.05) is 23.5 Å². The van der Waals surface area contributed by atoms with Crippen LogP contribution in [-0.2, 0) is 10.0 Å². The average Bonchev–Trinajstić information content (AvgIpc) is 2.71. The standard InChI is InChI=1S/C11H11F2N3O3S2/c1-6-9(20-11(14)15-6)21(17,18)16-7-4-2-3-5-8(7)19-10(12)13/h2-5,10,16H,1H3,(H2,14,15). The van der Waals surface area contributed by atoms with E-state index in [9.17, 15) is 17.2 Å². The number of nitrogens with one attached hydrogen (secondary N) is 1. The lowest BCUT2D eigenvalue weighted by Crippen LogP contribution is -2.14. The summed E-state index contributed by atoms with van der Waals surface area (Å²) in [7, 11) is -3.98. The Hall–Kier alpha value is -1.94. The molecule has 0 saturated carbocycles. The van der Waals surface area contributed by atoms with Crippen molar-refractivity contribution < 1.29 is 21.9 Å². The molecule has 6 nitrogen and oxygen atoms in total. The lowest BCUT2D eigenvalue weighted by molar-refractivity contribution is -0.0493. The molecule has 0 saturated heterocycles. The van der Waals surface area contributed by atoms with Gasteiger partial charge in [0.2, 0.25) is 0 Å². The fourth-order valence-electron chi connectivity index (χ4n) is 1.59. The summed E-state index contributed by atoms with van der Waals surface area (Å²) in [5, 5.41) is 0.102. The van der Waals surface area contributed by atoms with E-state index >= 15 is 0 Å². The van der Waals surface area contributed by atoms with Gasteiger partial charge in [-0.2, -0.15) is 8.78 Å². The lowest BCUT2D eigenvalue weighted by atomic mass is 10.3. The number of nitrogens with zero attached hydrogens (tertiary/aromatic N) is 1. The topological polar surface area (TPSA) is 94.3 Å². The van der Waals surface area contributed by atoms with Crippen LogP contribution < -0.4 is 15.2 Å². The van der Waals surface area contributed by atoms with Crippen LogP contribution in [0.1, 0.15) is 5.69 Å². The summed E-state index contributed by atoms with van der Waals surface area (Å²) in [5.41, 5.74) is 5.60. The van der Waals surface area contributed by atoms with Crippen molar-refractivity contribution in [1.82, 2.24) is 4.98 Å². The first-order valence-corrected chi connectivity index (χ1v) is 7.89. The maximum Gasteiger partial charge on any atom is 0.387 e. The van der Waals surface area contributed by atoms with Gasteiger partial charge in [0.25, 0.3) is 10.0 Å². The van der Waals surface area contributed by atoms with E-state index in [1.54, 1.807) is 0 Å². The second kappa shape index (κ2) is 5.82. The third kappa shape index (κ3) is 3.58. The number of halogens is 2. The van der Waals surface area contributed by atoms with Crippen molar-refractivity contribution in [2.75, 3.05) is 10.5 Å². The van der Waals surface area contributed by atoms with Crippen LogP contribution in [0.5, 0.6) is 5.75 Å². The summed E-state index contributed by atoms with van der Waals surface area (Å²) >= 11 is 0.788. The highest BCUT2D eigenvalue weighted by Gasteiger charge is 2.23. The molecule has 0 aliphatic rings. The molecule has 0 spiro atoms. The quantitative estimate of drug-likeness (QED) is 0.875. The number of hydrogen-bond acceptors (Lipinski definition) is 6. The molecule has 0 aliphatic carbocycles. The summed E-state index contributed by atoms with van der Waals surface area (Å²) in [6.07, 6.45) is 0. The number of nitrogens with two attached hydrogens (primary N) is 1. The number of ether oxygens (including phenoxy) is 1. The van der Waals surface area contributed by atoms with E-state index in [2.05, 4.69) is 14.4 Å². The van der Waals surface area contributed by atoms with E-state index in [0.29, 0.717) is 0 Å². The van der Waals surface area contributed by atoms with E-state index in [1.807, 2.05) is 0 Å². The van der Waals surface area contributed by atoms with Gasteiger partial charge in [-0.25, -0.2) is 13.4 Å². The van der Waals surface area contributed by atoms with E-state index in [1.165, 1.54) is 31.2 Å².